The van der Waals surface area contributed by atoms with Gasteiger partial charge in [0.25, 0.3) is 0 Å². The molecule has 1 aromatic heterocycles. The van der Waals surface area contributed by atoms with Crippen molar-refractivity contribution in [3.05, 3.63) is 18.2 Å². The third-order valence-corrected chi connectivity index (χ3v) is 2.99. The minimum absolute atomic E-state index is 0.0273. The molecule has 5 heteroatoms. The van der Waals surface area contributed by atoms with Crippen LogP contribution in [-0.4, -0.2) is 38.1 Å². The van der Waals surface area contributed by atoms with Crippen molar-refractivity contribution in [3.63, 3.8) is 0 Å². The Morgan fingerprint density at radius 3 is 2.82 bits per heavy atom. The van der Waals surface area contributed by atoms with Crippen LogP contribution in [0.15, 0.2) is 12.4 Å². The van der Waals surface area contributed by atoms with Gasteiger partial charge in [-0.25, -0.2) is 4.98 Å². The van der Waals surface area contributed by atoms with Gasteiger partial charge in [0.1, 0.15) is 5.82 Å². The van der Waals surface area contributed by atoms with Crippen LogP contribution < -0.4 is 0 Å². The summed E-state index contributed by atoms with van der Waals surface area (Å²) in [6, 6.07) is 0.0273. The molecule has 17 heavy (non-hydrogen) atoms. The van der Waals surface area contributed by atoms with Crippen LogP contribution in [0.1, 0.15) is 33.0 Å². The van der Waals surface area contributed by atoms with E-state index in [0.717, 1.165) is 18.9 Å². The van der Waals surface area contributed by atoms with Crippen LogP contribution in [-0.2, 0) is 17.9 Å². The van der Waals surface area contributed by atoms with Crippen LogP contribution in [0.5, 0.6) is 0 Å². The molecule has 0 fully saturated rings. The normalized spacial score (nSPS) is 12.9. The van der Waals surface area contributed by atoms with E-state index in [-0.39, 0.29) is 12.5 Å². The fourth-order valence-electron chi connectivity index (χ4n) is 1.92. The van der Waals surface area contributed by atoms with Gasteiger partial charge in [-0.2, -0.15) is 0 Å². The standard InChI is InChI=1S/C12H21N3O2/c1-4-14-7-6-13-11(14)9-15(5-2)10(3)8-12(16)17/h6-7,10H,4-5,8-9H2,1-3H3,(H,16,17). The van der Waals surface area contributed by atoms with Crippen LogP contribution in [0.2, 0.25) is 0 Å². The van der Waals surface area contributed by atoms with Crippen molar-refractivity contribution in [3.8, 4) is 0 Å². The Morgan fingerprint density at radius 1 is 1.59 bits per heavy atom. The van der Waals surface area contributed by atoms with E-state index in [1.165, 1.54) is 0 Å². The number of aryl methyl sites for hydroxylation is 1. The van der Waals surface area contributed by atoms with Crippen LogP contribution >= 0.6 is 0 Å². The molecule has 1 atom stereocenters. The average molecular weight is 239 g/mol. The minimum Gasteiger partial charge on any atom is -0.481 e. The van der Waals surface area contributed by atoms with E-state index in [2.05, 4.69) is 21.4 Å². The number of rotatable bonds is 7. The Kier molecular flexibility index (Phi) is 5.15. The van der Waals surface area contributed by atoms with E-state index >= 15 is 0 Å². The Morgan fingerprint density at radius 2 is 2.29 bits per heavy atom. The largest absolute Gasteiger partial charge is 0.481 e. The molecule has 0 amide bonds. The number of carboxylic acids is 1. The highest BCUT2D eigenvalue weighted by Crippen LogP contribution is 2.09. The molecular formula is C12H21N3O2. The molecule has 1 N–H and O–H groups in total. The van der Waals surface area contributed by atoms with E-state index in [9.17, 15) is 4.79 Å². The number of aliphatic carboxylic acids is 1. The van der Waals surface area contributed by atoms with Crippen LogP contribution in [0, 0.1) is 0 Å². The van der Waals surface area contributed by atoms with Gasteiger partial charge in [-0.05, 0) is 20.4 Å². The Balaban J connectivity index is 2.66. The van der Waals surface area contributed by atoms with Gasteiger partial charge in [0, 0.05) is 25.0 Å². The summed E-state index contributed by atoms with van der Waals surface area (Å²) in [7, 11) is 0. The molecule has 1 heterocycles. The molecule has 0 radical (unpaired) electrons. The van der Waals surface area contributed by atoms with E-state index < -0.39 is 5.97 Å². The molecule has 0 aliphatic carbocycles. The van der Waals surface area contributed by atoms with Crippen molar-refractivity contribution in [2.24, 2.45) is 0 Å². The third kappa shape index (κ3) is 3.85. The summed E-state index contributed by atoms with van der Waals surface area (Å²) in [5, 5.41) is 8.81. The lowest BCUT2D eigenvalue weighted by Crippen LogP contribution is -2.35. The van der Waals surface area contributed by atoms with Gasteiger partial charge in [0.15, 0.2) is 0 Å². The molecule has 5 nitrogen and oxygen atoms in total. The number of nitrogens with zero attached hydrogens (tertiary/aromatic N) is 3. The second kappa shape index (κ2) is 6.39. The number of carbonyl (C=O) groups is 1. The van der Waals surface area contributed by atoms with Crippen LogP contribution in [0.3, 0.4) is 0 Å². The van der Waals surface area contributed by atoms with Crippen LogP contribution in [0.25, 0.3) is 0 Å². The number of hydrogen-bond acceptors (Lipinski definition) is 3. The highest BCUT2D eigenvalue weighted by atomic mass is 16.4. The van der Waals surface area contributed by atoms with E-state index in [0.29, 0.717) is 6.54 Å². The maximum atomic E-state index is 10.7. The maximum Gasteiger partial charge on any atom is 0.304 e. The van der Waals surface area contributed by atoms with Gasteiger partial charge >= 0.3 is 5.97 Å². The Hall–Kier alpha value is -1.36. The summed E-state index contributed by atoms with van der Waals surface area (Å²) in [4.78, 5) is 17.1. The molecule has 0 aliphatic heterocycles. The monoisotopic (exact) mass is 239 g/mol. The first-order valence-corrected chi connectivity index (χ1v) is 6.04. The topological polar surface area (TPSA) is 58.4 Å². The smallest absolute Gasteiger partial charge is 0.304 e. The average Bonchev–Trinajstić information content (AvgIpc) is 2.71. The first-order chi connectivity index (χ1) is 8.08. The molecule has 0 aliphatic rings. The second-order valence-electron chi connectivity index (χ2n) is 4.14. The first-order valence-electron chi connectivity index (χ1n) is 6.04. The predicted molar refractivity (Wildman–Crippen MR) is 65.7 cm³/mol. The summed E-state index contributed by atoms with van der Waals surface area (Å²) >= 11 is 0. The van der Waals surface area contributed by atoms with Crippen molar-refractivity contribution in [2.45, 2.75) is 46.3 Å². The lowest BCUT2D eigenvalue weighted by atomic mass is 10.2. The highest BCUT2D eigenvalue weighted by Gasteiger charge is 2.17. The quantitative estimate of drug-likeness (QED) is 0.785. The second-order valence-corrected chi connectivity index (χ2v) is 4.14. The molecule has 0 saturated carbocycles. The molecular weight excluding hydrogens is 218 g/mol. The summed E-state index contributed by atoms with van der Waals surface area (Å²) in [5.74, 6) is 0.237. The molecule has 1 rings (SSSR count). The summed E-state index contributed by atoms with van der Waals surface area (Å²) in [5.41, 5.74) is 0. The lowest BCUT2D eigenvalue weighted by Gasteiger charge is -2.26. The van der Waals surface area contributed by atoms with Gasteiger partial charge < -0.3 is 9.67 Å². The number of imidazole rings is 1. The SMILES string of the molecule is CCN(Cc1nccn1CC)C(C)CC(=O)O. The molecule has 0 spiro atoms. The van der Waals surface area contributed by atoms with Crippen molar-refractivity contribution in [1.29, 1.82) is 0 Å². The molecule has 1 aromatic rings. The third-order valence-electron chi connectivity index (χ3n) is 2.99. The van der Waals surface area contributed by atoms with Crippen molar-refractivity contribution >= 4 is 5.97 Å². The van der Waals surface area contributed by atoms with Gasteiger partial charge in [-0.1, -0.05) is 6.92 Å². The zero-order valence-corrected chi connectivity index (χ0v) is 10.8. The Labute approximate surface area is 102 Å². The van der Waals surface area contributed by atoms with Gasteiger partial charge in [-0.15, -0.1) is 0 Å². The maximum absolute atomic E-state index is 10.7. The molecule has 96 valence electrons. The fourth-order valence-corrected chi connectivity index (χ4v) is 1.92. The van der Waals surface area contributed by atoms with E-state index in [4.69, 9.17) is 5.11 Å². The molecule has 0 saturated heterocycles. The van der Waals surface area contributed by atoms with Crippen molar-refractivity contribution in [2.75, 3.05) is 6.54 Å². The molecule has 0 bridgehead atoms. The van der Waals surface area contributed by atoms with Gasteiger partial charge in [-0.3, -0.25) is 9.69 Å². The van der Waals surface area contributed by atoms with Crippen LogP contribution in [0.4, 0.5) is 0 Å². The van der Waals surface area contributed by atoms with Gasteiger partial charge in [0.05, 0.1) is 13.0 Å². The molecule has 0 aromatic carbocycles. The number of carboxylic acid groups (broad SMARTS) is 1. The number of hydrogen-bond donors (Lipinski definition) is 1. The van der Waals surface area contributed by atoms with E-state index in [1.54, 1.807) is 6.20 Å². The highest BCUT2D eigenvalue weighted by molar-refractivity contribution is 5.67. The summed E-state index contributed by atoms with van der Waals surface area (Å²) < 4.78 is 2.08. The zero-order chi connectivity index (χ0) is 12.8. The van der Waals surface area contributed by atoms with Crippen molar-refractivity contribution < 1.29 is 9.90 Å². The van der Waals surface area contributed by atoms with Gasteiger partial charge in [0.2, 0.25) is 0 Å². The number of aromatic nitrogens is 2. The Bertz CT molecular complexity index is 362. The van der Waals surface area contributed by atoms with Crippen molar-refractivity contribution in [1.82, 2.24) is 14.5 Å². The first kappa shape index (κ1) is 13.7. The van der Waals surface area contributed by atoms with E-state index in [1.807, 2.05) is 20.0 Å². The summed E-state index contributed by atoms with van der Waals surface area (Å²) in [6.07, 6.45) is 3.90. The fraction of sp³-hybridized carbons (Fsp3) is 0.667. The lowest BCUT2D eigenvalue weighted by molar-refractivity contribution is -0.138. The minimum atomic E-state index is -0.755. The predicted octanol–water partition coefficient (Wildman–Crippen LogP) is 1.59. The summed E-state index contributed by atoms with van der Waals surface area (Å²) in [6.45, 7) is 8.47. The molecule has 1 unspecified atom stereocenters. The zero-order valence-electron chi connectivity index (χ0n) is 10.8.